The normalized spacial score (nSPS) is 45.7. The Morgan fingerprint density at radius 1 is 1.00 bits per heavy atom. The first-order chi connectivity index (χ1) is 7.86. The SMILES string of the molecule is CCNC/C=C/C1C2CC3CC(C2)CC1C3. The minimum atomic E-state index is 0.937. The lowest BCUT2D eigenvalue weighted by molar-refractivity contribution is -0.0162. The van der Waals surface area contributed by atoms with E-state index in [4.69, 9.17) is 0 Å². The number of allylic oxidation sites excluding steroid dienone is 1. The second kappa shape index (κ2) is 4.52. The van der Waals surface area contributed by atoms with E-state index in [9.17, 15) is 0 Å². The van der Waals surface area contributed by atoms with Gasteiger partial charge in [-0.2, -0.15) is 0 Å². The number of nitrogens with one attached hydrogen (secondary N) is 1. The molecule has 4 bridgehead atoms. The second-order valence-corrected chi connectivity index (χ2v) is 6.24. The quantitative estimate of drug-likeness (QED) is 0.565. The highest BCUT2D eigenvalue weighted by Gasteiger charge is 2.46. The van der Waals surface area contributed by atoms with Crippen LogP contribution in [0.25, 0.3) is 0 Å². The van der Waals surface area contributed by atoms with Crippen molar-refractivity contribution >= 4 is 0 Å². The average molecular weight is 219 g/mol. The van der Waals surface area contributed by atoms with Gasteiger partial charge >= 0.3 is 0 Å². The molecule has 4 aliphatic rings. The monoisotopic (exact) mass is 219 g/mol. The Bertz CT molecular complexity index is 241. The molecule has 0 spiro atoms. The van der Waals surface area contributed by atoms with Gasteiger partial charge in [0.05, 0.1) is 0 Å². The van der Waals surface area contributed by atoms with Crippen molar-refractivity contribution < 1.29 is 0 Å². The van der Waals surface area contributed by atoms with Crippen molar-refractivity contribution in [2.75, 3.05) is 13.1 Å². The molecule has 1 N–H and O–H groups in total. The van der Waals surface area contributed by atoms with Gasteiger partial charge in [-0.25, -0.2) is 0 Å². The molecule has 90 valence electrons. The lowest BCUT2D eigenvalue weighted by atomic mass is 9.52. The Hall–Kier alpha value is -0.300. The summed E-state index contributed by atoms with van der Waals surface area (Å²) in [4.78, 5) is 0. The third-order valence-electron chi connectivity index (χ3n) is 5.17. The molecule has 4 fully saturated rings. The molecule has 4 rings (SSSR count). The first kappa shape index (κ1) is 10.8. The molecule has 0 unspecified atom stereocenters. The largest absolute Gasteiger partial charge is 0.314 e. The predicted octanol–water partition coefficient (Wildman–Crippen LogP) is 3.22. The fourth-order valence-electron chi connectivity index (χ4n) is 4.73. The lowest BCUT2D eigenvalue weighted by Gasteiger charge is -2.53. The standard InChI is InChI=1S/C15H25N/c1-2-16-5-3-4-15-13-7-11-6-12(9-13)10-14(15)8-11/h3-4,11-16H,2,5-10H2,1H3/b4-3+. The Morgan fingerprint density at radius 3 is 2.19 bits per heavy atom. The molecule has 4 aliphatic carbocycles. The Kier molecular flexibility index (Phi) is 3.06. The molecule has 4 saturated carbocycles. The summed E-state index contributed by atoms with van der Waals surface area (Å²) in [6, 6.07) is 0. The van der Waals surface area contributed by atoms with Crippen LogP contribution in [-0.4, -0.2) is 13.1 Å². The van der Waals surface area contributed by atoms with Crippen molar-refractivity contribution in [2.24, 2.45) is 29.6 Å². The number of rotatable bonds is 4. The van der Waals surface area contributed by atoms with Crippen molar-refractivity contribution in [2.45, 2.75) is 39.0 Å². The van der Waals surface area contributed by atoms with E-state index in [1.54, 1.807) is 32.1 Å². The summed E-state index contributed by atoms with van der Waals surface area (Å²) in [5, 5.41) is 3.38. The van der Waals surface area contributed by atoms with Gasteiger partial charge < -0.3 is 5.32 Å². The molecule has 0 amide bonds. The van der Waals surface area contributed by atoms with Crippen LogP contribution >= 0.6 is 0 Å². The maximum atomic E-state index is 3.38. The van der Waals surface area contributed by atoms with E-state index in [0.717, 1.165) is 42.7 Å². The van der Waals surface area contributed by atoms with Gasteiger partial charge in [0.1, 0.15) is 0 Å². The van der Waals surface area contributed by atoms with Crippen LogP contribution < -0.4 is 5.32 Å². The summed E-state index contributed by atoms with van der Waals surface area (Å²) in [5.41, 5.74) is 0. The number of likely N-dealkylation sites (N-methyl/N-ethyl adjacent to an activating group) is 1. The van der Waals surface area contributed by atoms with E-state index in [2.05, 4.69) is 24.4 Å². The topological polar surface area (TPSA) is 12.0 Å². The van der Waals surface area contributed by atoms with Crippen molar-refractivity contribution in [3.05, 3.63) is 12.2 Å². The first-order valence-electron chi connectivity index (χ1n) is 7.24. The van der Waals surface area contributed by atoms with Crippen molar-refractivity contribution in [1.82, 2.24) is 5.32 Å². The van der Waals surface area contributed by atoms with Gasteiger partial charge in [0.25, 0.3) is 0 Å². The van der Waals surface area contributed by atoms with Gasteiger partial charge in [0, 0.05) is 6.54 Å². The Labute approximate surface area is 99.7 Å². The van der Waals surface area contributed by atoms with E-state index in [0.29, 0.717) is 0 Å². The van der Waals surface area contributed by atoms with E-state index in [1.807, 2.05) is 0 Å². The van der Waals surface area contributed by atoms with Crippen LogP contribution in [0.3, 0.4) is 0 Å². The smallest absolute Gasteiger partial charge is 0.0134 e. The highest BCUT2D eigenvalue weighted by atomic mass is 14.8. The number of hydrogen-bond acceptors (Lipinski definition) is 1. The minimum Gasteiger partial charge on any atom is -0.314 e. The van der Waals surface area contributed by atoms with E-state index in [-0.39, 0.29) is 0 Å². The van der Waals surface area contributed by atoms with Gasteiger partial charge in [-0.1, -0.05) is 19.1 Å². The lowest BCUT2D eigenvalue weighted by Crippen LogP contribution is -2.44. The van der Waals surface area contributed by atoms with Crippen molar-refractivity contribution in [1.29, 1.82) is 0 Å². The summed E-state index contributed by atoms with van der Waals surface area (Å²) in [6.45, 7) is 4.34. The highest BCUT2D eigenvalue weighted by Crippen LogP contribution is 2.56. The molecule has 0 aromatic carbocycles. The van der Waals surface area contributed by atoms with Gasteiger partial charge in [-0.05, 0) is 68.2 Å². The van der Waals surface area contributed by atoms with E-state index in [1.165, 1.54) is 0 Å². The molecule has 0 aromatic heterocycles. The zero-order valence-corrected chi connectivity index (χ0v) is 10.5. The Morgan fingerprint density at radius 2 is 1.62 bits per heavy atom. The summed E-state index contributed by atoms with van der Waals surface area (Å²) in [7, 11) is 0. The van der Waals surface area contributed by atoms with Gasteiger partial charge in [-0.3, -0.25) is 0 Å². The number of hydrogen-bond donors (Lipinski definition) is 1. The van der Waals surface area contributed by atoms with Gasteiger partial charge in [0.15, 0.2) is 0 Å². The van der Waals surface area contributed by atoms with Crippen molar-refractivity contribution in [3.8, 4) is 0 Å². The third kappa shape index (κ3) is 1.95. The molecular formula is C15H25N. The second-order valence-electron chi connectivity index (χ2n) is 6.24. The minimum absolute atomic E-state index is 0.937. The summed E-state index contributed by atoms with van der Waals surface area (Å²) >= 11 is 0. The molecule has 0 saturated heterocycles. The Balaban J connectivity index is 1.61. The van der Waals surface area contributed by atoms with Gasteiger partial charge in [0.2, 0.25) is 0 Å². The van der Waals surface area contributed by atoms with Crippen LogP contribution in [0.15, 0.2) is 12.2 Å². The molecule has 1 heteroatoms. The zero-order valence-electron chi connectivity index (χ0n) is 10.5. The third-order valence-corrected chi connectivity index (χ3v) is 5.17. The van der Waals surface area contributed by atoms with Crippen LogP contribution in [0.1, 0.15) is 39.0 Å². The first-order valence-corrected chi connectivity index (χ1v) is 7.24. The van der Waals surface area contributed by atoms with Crippen LogP contribution in [0.4, 0.5) is 0 Å². The molecule has 0 radical (unpaired) electrons. The maximum absolute atomic E-state index is 3.38. The molecule has 0 aliphatic heterocycles. The maximum Gasteiger partial charge on any atom is 0.0134 e. The van der Waals surface area contributed by atoms with Crippen molar-refractivity contribution in [3.63, 3.8) is 0 Å². The van der Waals surface area contributed by atoms with E-state index < -0.39 is 0 Å². The van der Waals surface area contributed by atoms with Crippen LogP contribution in [0, 0.1) is 29.6 Å². The van der Waals surface area contributed by atoms with E-state index >= 15 is 0 Å². The summed E-state index contributed by atoms with van der Waals surface area (Å²) < 4.78 is 0. The van der Waals surface area contributed by atoms with Crippen LogP contribution in [0.2, 0.25) is 0 Å². The molecule has 0 atom stereocenters. The van der Waals surface area contributed by atoms with Gasteiger partial charge in [-0.15, -0.1) is 0 Å². The van der Waals surface area contributed by atoms with Crippen LogP contribution in [-0.2, 0) is 0 Å². The van der Waals surface area contributed by atoms with Crippen LogP contribution in [0.5, 0.6) is 0 Å². The molecule has 16 heavy (non-hydrogen) atoms. The average Bonchev–Trinajstić information content (AvgIpc) is 2.26. The molecular weight excluding hydrogens is 194 g/mol. The zero-order chi connectivity index (χ0) is 11.0. The molecule has 0 aromatic rings. The predicted molar refractivity (Wildman–Crippen MR) is 68.2 cm³/mol. The fraction of sp³-hybridized carbons (Fsp3) is 0.867. The highest BCUT2D eigenvalue weighted by molar-refractivity contribution is 5.05. The fourth-order valence-corrected chi connectivity index (χ4v) is 4.73. The molecule has 0 heterocycles. The summed E-state index contributed by atoms with van der Waals surface area (Å²) in [5.74, 6) is 5.26. The molecule has 1 nitrogen and oxygen atoms in total. The summed E-state index contributed by atoms with van der Waals surface area (Å²) in [6.07, 6.45) is 12.7.